The summed E-state index contributed by atoms with van der Waals surface area (Å²) < 4.78 is 1.26. The summed E-state index contributed by atoms with van der Waals surface area (Å²) >= 11 is 3.62. The second-order valence-corrected chi connectivity index (χ2v) is 5.56. The number of halogens is 1. The molecule has 2 rings (SSSR count). The van der Waals surface area contributed by atoms with Crippen molar-refractivity contribution in [2.24, 2.45) is 5.92 Å². The molecule has 84 valence electrons. The van der Waals surface area contributed by atoms with Crippen molar-refractivity contribution in [1.29, 1.82) is 0 Å². The van der Waals surface area contributed by atoms with Crippen molar-refractivity contribution in [3.63, 3.8) is 0 Å². The molecule has 1 N–H and O–H groups in total. The molecule has 0 spiro atoms. The molecule has 2 atom stereocenters. The fourth-order valence-corrected chi connectivity index (χ4v) is 3.27. The van der Waals surface area contributed by atoms with Gasteiger partial charge in [0.25, 0.3) is 0 Å². The van der Waals surface area contributed by atoms with Gasteiger partial charge in [-0.15, -0.1) is 0 Å². The van der Waals surface area contributed by atoms with Crippen LogP contribution in [0.2, 0.25) is 0 Å². The molecule has 0 saturated heterocycles. The predicted molar refractivity (Wildman–Crippen MR) is 66.9 cm³/mol. The predicted octanol–water partition coefficient (Wildman–Crippen LogP) is 3.93. The second-order valence-electron chi connectivity index (χ2n) is 4.60. The molecule has 0 radical (unpaired) electrons. The van der Waals surface area contributed by atoms with Gasteiger partial charge in [0.05, 0.1) is 6.10 Å². The van der Waals surface area contributed by atoms with Crippen LogP contribution in [0.1, 0.15) is 44.9 Å². The fourth-order valence-electron chi connectivity index (χ4n) is 2.56. The zero-order valence-electron chi connectivity index (χ0n) is 9.08. The van der Waals surface area contributed by atoms with Crippen LogP contribution in [0.15, 0.2) is 22.2 Å². The van der Waals surface area contributed by atoms with Gasteiger partial charge in [-0.1, -0.05) is 28.1 Å². The van der Waals surface area contributed by atoms with Crippen molar-refractivity contribution in [1.82, 2.24) is 0 Å². The molecular weight excluding hydrogens is 252 g/mol. The van der Waals surface area contributed by atoms with Gasteiger partial charge in [-0.05, 0) is 55.0 Å². The molecule has 2 aliphatic rings. The Kier molecular flexibility index (Phi) is 4.04. The Morgan fingerprint density at radius 1 is 1.27 bits per heavy atom. The van der Waals surface area contributed by atoms with E-state index in [4.69, 9.17) is 0 Å². The van der Waals surface area contributed by atoms with Crippen LogP contribution in [0.5, 0.6) is 0 Å². The van der Waals surface area contributed by atoms with Gasteiger partial charge < -0.3 is 5.11 Å². The standard InChI is InChI=1S/C13H19BrO/c14-12-9-5-4-8-11(12)13(15)10-6-2-1-3-7-10/h2,6,10,13,15H,1,3-5,7-9H2/t10-,13-/m0/s1. The smallest absolute Gasteiger partial charge is 0.0823 e. The molecule has 0 aliphatic heterocycles. The van der Waals surface area contributed by atoms with E-state index >= 15 is 0 Å². The maximum absolute atomic E-state index is 10.3. The number of aliphatic hydroxyl groups is 1. The molecule has 0 bridgehead atoms. The Bertz CT molecular complexity index is 280. The van der Waals surface area contributed by atoms with E-state index in [0.717, 1.165) is 19.3 Å². The Labute approximate surface area is 100 Å². The van der Waals surface area contributed by atoms with Crippen LogP contribution in [0, 0.1) is 5.92 Å². The van der Waals surface area contributed by atoms with E-state index < -0.39 is 0 Å². The largest absolute Gasteiger partial charge is 0.388 e. The van der Waals surface area contributed by atoms with Gasteiger partial charge in [-0.3, -0.25) is 0 Å². The van der Waals surface area contributed by atoms with Gasteiger partial charge in [-0.25, -0.2) is 0 Å². The molecule has 0 fully saturated rings. The van der Waals surface area contributed by atoms with E-state index in [1.54, 1.807) is 0 Å². The van der Waals surface area contributed by atoms with Gasteiger partial charge in [0, 0.05) is 5.92 Å². The molecule has 2 aliphatic carbocycles. The summed E-state index contributed by atoms with van der Waals surface area (Å²) in [5.74, 6) is 0.361. The average molecular weight is 271 g/mol. The zero-order chi connectivity index (χ0) is 10.7. The van der Waals surface area contributed by atoms with Crippen molar-refractivity contribution in [2.75, 3.05) is 0 Å². The van der Waals surface area contributed by atoms with Crippen LogP contribution < -0.4 is 0 Å². The molecule has 0 aromatic heterocycles. The first-order valence-corrected chi connectivity index (χ1v) is 6.80. The minimum Gasteiger partial charge on any atom is -0.388 e. The topological polar surface area (TPSA) is 20.2 Å². The first-order valence-electron chi connectivity index (χ1n) is 6.01. The molecule has 15 heavy (non-hydrogen) atoms. The Hall–Kier alpha value is -0.0800. The number of hydrogen-bond donors (Lipinski definition) is 1. The SMILES string of the molecule is O[C@H](C1=C(Br)CCCC1)[C@H]1C=CCCC1. The summed E-state index contributed by atoms with van der Waals surface area (Å²) in [6.45, 7) is 0. The van der Waals surface area contributed by atoms with E-state index in [2.05, 4.69) is 28.1 Å². The summed E-state index contributed by atoms with van der Waals surface area (Å²) in [4.78, 5) is 0. The number of rotatable bonds is 2. The lowest BCUT2D eigenvalue weighted by Gasteiger charge is -2.28. The highest BCUT2D eigenvalue weighted by molar-refractivity contribution is 9.11. The molecule has 0 amide bonds. The van der Waals surface area contributed by atoms with E-state index in [1.165, 1.54) is 35.7 Å². The van der Waals surface area contributed by atoms with Gasteiger partial charge in [0.2, 0.25) is 0 Å². The summed E-state index contributed by atoms with van der Waals surface area (Å²) in [7, 11) is 0. The maximum atomic E-state index is 10.3. The van der Waals surface area contributed by atoms with Crippen LogP contribution in [0.3, 0.4) is 0 Å². The number of hydrogen-bond acceptors (Lipinski definition) is 1. The molecule has 0 aromatic rings. The quantitative estimate of drug-likeness (QED) is 0.754. The van der Waals surface area contributed by atoms with Crippen molar-refractivity contribution in [3.05, 3.63) is 22.2 Å². The lowest BCUT2D eigenvalue weighted by Crippen LogP contribution is -2.24. The number of allylic oxidation sites excluding steroid dienone is 2. The van der Waals surface area contributed by atoms with E-state index in [-0.39, 0.29) is 6.10 Å². The maximum Gasteiger partial charge on any atom is 0.0823 e. The molecule has 1 nitrogen and oxygen atoms in total. The zero-order valence-corrected chi connectivity index (χ0v) is 10.7. The molecule has 0 saturated carbocycles. The third-order valence-corrected chi connectivity index (χ3v) is 4.40. The Morgan fingerprint density at radius 2 is 2.07 bits per heavy atom. The lowest BCUT2D eigenvalue weighted by molar-refractivity contribution is 0.150. The third kappa shape index (κ3) is 2.73. The van der Waals surface area contributed by atoms with Crippen LogP contribution in [-0.2, 0) is 0 Å². The van der Waals surface area contributed by atoms with Crippen LogP contribution in [0.4, 0.5) is 0 Å². The molecule has 2 heteroatoms. The fraction of sp³-hybridized carbons (Fsp3) is 0.692. The van der Waals surface area contributed by atoms with Crippen molar-refractivity contribution in [3.8, 4) is 0 Å². The van der Waals surface area contributed by atoms with E-state index in [9.17, 15) is 5.11 Å². The van der Waals surface area contributed by atoms with Crippen molar-refractivity contribution in [2.45, 2.75) is 51.0 Å². The van der Waals surface area contributed by atoms with Gasteiger partial charge >= 0.3 is 0 Å². The Balaban J connectivity index is 2.08. The molecular formula is C13H19BrO. The summed E-state index contributed by atoms with van der Waals surface area (Å²) in [5, 5.41) is 10.3. The van der Waals surface area contributed by atoms with Crippen molar-refractivity contribution >= 4 is 15.9 Å². The minimum atomic E-state index is -0.240. The van der Waals surface area contributed by atoms with E-state index in [0.29, 0.717) is 5.92 Å². The lowest BCUT2D eigenvalue weighted by atomic mass is 9.83. The average Bonchev–Trinajstić information content (AvgIpc) is 2.30. The van der Waals surface area contributed by atoms with Gasteiger partial charge in [0.1, 0.15) is 0 Å². The first kappa shape index (κ1) is 11.4. The summed E-state index contributed by atoms with van der Waals surface area (Å²) in [6.07, 6.45) is 12.4. The normalized spacial score (nSPS) is 29.3. The molecule has 0 heterocycles. The van der Waals surface area contributed by atoms with E-state index in [1.807, 2.05) is 0 Å². The van der Waals surface area contributed by atoms with Crippen LogP contribution >= 0.6 is 15.9 Å². The summed E-state index contributed by atoms with van der Waals surface area (Å²) in [5.41, 5.74) is 1.26. The van der Waals surface area contributed by atoms with Gasteiger partial charge in [-0.2, -0.15) is 0 Å². The van der Waals surface area contributed by atoms with Crippen LogP contribution in [0.25, 0.3) is 0 Å². The molecule has 0 aromatic carbocycles. The Morgan fingerprint density at radius 3 is 2.73 bits per heavy atom. The van der Waals surface area contributed by atoms with Crippen molar-refractivity contribution < 1.29 is 5.11 Å². The third-order valence-electron chi connectivity index (χ3n) is 3.49. The monoisotopic (exact) mass is 270 g/mol. The van der Waals surface area contributed by atoms with Gasteiger partial charge in [0.15, 0.2) is 0 Å². The second kappa shape index (κ2) is 5.31. The highest BCUT2D eigenvalue weighted by atomic mass is 79.9. The molecule has 0 unspecified atom stereocenters. The minimum absolute atomic E-state index is 0.240. The first-order chi connectivity index (χ1) is 7.29. The summed E-state index contributed by atoms with van der Waals surface area (Å²) in [6, 6.07) is 0. The van der Waals surface area contributed by atoms with Crippen LogP contribution in [-0.4, -0.2) is 11.2 Å². The highest BCUT2D eigenvalue weighted by Crippen LogP contribution is 2.35. The highest BCUT2D eigenvalue weighted by Gasteiger charge is 2.25. The number of aliphatic hydroxyl groups excluding tert-OH is 1.